The number of fused-ring (bicyclic) bond motifs is 1. The van der Waals surface area contributed by atoms with Crippen molar-refractivity contribution in [2.45, 2.75) is 72.5 Å². The molecule has 148 valence electrons. The summed E-state index contributed by atoms with van der Waals surface area (Å²) in [5, 5.41) is 0. The summed E-state index contributed by atoms with van der Waals surface area (Å²) in [7, 11) is 0. The molecular weight excluding hydrogens is 348 g/mol. The summed E-state index contributed by atoms with van der Waals surface area (Å²) in [5.41, 5.74) is -1.28. The monoisotopic (exact) mass is 376 g/mol. The number of cyclic esters (lactones) is 2. The van der Waals surface area contributed by atoms with E-state index in [9.17, 15) is 14.4 Å². The van der Waals surface area contributed by atoms with Crippen LogP contribution in [0, 0.1) is 16.7 Å². The normalized spacial score (nSPS) is 31.3. The summed E-state index contributed by atoms with van der Waals surface area (Å²) in [6.07, 6.45) is 3.88. The van der Waals surface area contributed by atoms with E-state index in [1.807, 2.05) is 33.8 Å². The molecule has 1 fully saturated rings. The maximum Gasteiger partial charge on any atom is 0.509 e. The molecule has 0 amide bonds. The van der Waals surface area contributed by atoms with E-state index in [1.54, 1.807) is 13.8 Å². The van der Waals surface area contributed by atoms with E-state index in [0.717, 1.165) is 6.42 Å². The Labute approximate surface area is 159 Å². The second-order valence-electron chi connectivity index (χ2n) is 9.28. The van der Waals surface area contributed by atoms with Crippen molar-refractivity contribution in [3.63, 3.8) is 0 Å². The van der Waals surface area contributed by atoms with Crippen molar-refractivity contribution in [2.75, 3.05) is 0 Å². The molecular formula is C21H28O6. The Morgan fingerprint density at radius 1 is 1.19 bits per heavy atom. The van der Waals surface area contributed by atoms with Crippen molar-refractivity contribution in [1.29, 1.82) is 0 Å². The van der Waals surface area contributed by atoms with Crippen LogP contribution in [0.3, 0.4) is 0 Å². The Hall–Kier alpha value is -2.11. The van der Waals surface area contributed by atoms with E-state index in [-0.39, 0.29) is 11.7 Å². The number of ether oxygens (including phenoxy) is 3. The standard InChI is InChI=1S/C21H28O6/c1-12(2)16(23)15-17-21(8-7-14(22)26-17,10-9-19(15,3)4)11-13-20(5,6)27-18(24)25-13/h7-8,12-13H,9-11H2,1-6H3/t13-,21-/m0/s1. The first-order valence-electron chi connectivity index (χ1n) is 9.48. The Morgan fingerprint density at radius 2 is 1.85 bits per heavy atom. The third-order valence-electron chi connectivity index (χ3n) is 5.97. The molecule has 3 rings (SSSR count). The van der Waals surface area contributed by atoms with Crippen LogP contribution in [0.5, 0.6) is 0 Å². The van der Waals surface area contributed by atoms with E-state index in [1.165, 1.54) is 6.08 Å². The second-order valence-corrected chi connectivity index (χ2v) is 9.28. The highest BCUT2D eigenvalue weighted by atomic mass is 16.8. The molecule has 6 heteroatoms. The zero-order chi connectivity index (χ0) is 20.2. The van der Waals surface area contributed by atoms with E-state index in [2.05, 4.69) is 0 Å². The van der Waals surface area contributed by atoms with Gasteiger partial charge in [-0.1, -0.05) is 33.8 Å². The van der Waals surface area contributed by atoms with Gasteiger partial charge in [0, 0.05) is 24.0 Å². The lowest BCUT2D eigenvalue weighted by Gasteiger charge is -2.46. The molecule has 0 aromatic rings. The Kier molecular flexibility index (Phi) is 4.52. The van der Waals surface area contributed by atoms with Gasteiger partial charge >= 0.3 is 12.1 Å². The summed E-state index contributed by atoms with van der Waals surface area (Å²) in [5.74, 6) is -0.285. The minimum atomic E-state index is -0.790. The molecule has 0 saturated carbocycles. The van der Waals surface area contributed by atoms with E-state index >= 15 is 0 Å². The molecule has 0 N–H and O–H groups in total. The lowest BCUT2D eigenvalue weighted by atomic mass is 9.60. The minimum absolute atomic E-state index is 0.0129. The first kappa shape index (κ1) is 19.6. The number of carbonyl (C=O) groups is 3. The molecule has 0 spiro atoms. The fourth-order valence-electron chi connectivity index (χ4n) is 4.18. The van der Waals surface area contributed by atoms with Gasteiger partial charge in [-0.25, -0.2) is 9.59 Å². The molecule has 0 bridgehead atoms. The Bertz CT molecular complexity index is 755. The number of Topliss-reactive ketones (excluding diaryl/α,β-unsaturated/α-hetero) is 1. The molecule has 0 aromatic carbocycles. The average molecular weight is 376 g/mol. The predicted molar refractivity (Wildman–Crippen MR) is 97.6 cm³/mol. The van der Waals surface area contributed by atoms with Gasteiger partial charge in [-0.3, -0.25) is 4.79 Å². The zero-order valence-corrected chi connectivity index (χ0v) is 16.9. The van der Waals surface area contributed by atoms with Crippen LogP contribution in [0.25, 0.3) is 0 Å². The zero-order valence-electron chi connectivity index (χ0n) is 16.9. The number of hydrogen-bond acceptors (Lipinski definition) is 6. The van der Waals surface area contributed by atoms with Crippen LogP contribution in [0.2, 0.25) is 0 Å². The Morgan fingerprint density at radius 3 is 2.41 bits per heavy atom. The van der Waals surface area contributed by atoms with Gasteiger partial charge in [0.1, 0.15) is 17.5 Å². The number of ketones is 1. The highest BCUT2D eigenvalue weighted by molar-refractivity contribution is 5.99. The van der Waals surface area contributed by atoms with Crippen molar-refractivity contribution in [1.82, 2.24) is 0 Å². The summed E-state index contributed by atoms with van der Waals surface area (Å²) >= 11 is 0. The molecule has 0 radical (unpaired) electrons. The van der Waals surface area contributed by atoms with Crippen molar-refractivity contribution in [3.05, 3.63) is 23.5 Å². The number of rotatable bonds is 4. The topological polar surface area (TPSA) is 78.9 Å². The SMILES string of the molecule is CC(C)C(=O)C1=C2OC(=O)C=C[C@@]2(C[C@@H]2OC(=O)OC2(C)C)CCC1(C)C. The van der Waals surface area contributed by atoms with Crippen LogP contribution >= 0.6 is 0 Å². The van der Waals surface area contributed by atoms with Crippen LogP contribution in [-0.4, -0.2) is 29.6 Å². The largest absolute Gasteiger partial charge is 0.509 e. The lowest BCUT2D eigenvalue weighted by Crippen LogP contribution is -2.45. The average Bonchev–Trinajstić information content (AvgIpc) is 2.79. The molecule has 0 unspecified atom stereocenters. The van der Waals surface area contributed by atoms with Crippen molar-refractivity contribution in [3.8, 4) is 0 Å². The molecule has 2 atom stereocenters. The summed E-state index contributed by atoms with van der Waals surface area (Å²) in [6, 6.07) is 0. The molecule has 2 heterocycles. The maximum absolute atomic E-state index is 13.1. The van der Waals surface area contributed by atoms with Gasteiger partial charge in [-0.15, -0.1) is 0 Å². The van der Waals surface area contributed by atoms with Crippen LogP contribution < -0.4 is 0 Å². The molecule has 6 nitrogen and oxygen atoms in total. The van der Waals surface area contributed by atoms with Gasteiger partial charge in [0.15, 0.2) is 5.78 Å². The van der Waals surface area contributed by atoms with Gasteiger partial charge in [-0.2, -0.15) is 0 Å². The first-order chi connectivity index (χ1) is 12.4. The van der Waals surface area contributed by atoms with Gasteiger partial charge in [0.05, 0.1) is 5.41 Å². The van der Waals surface area contributed by atoms with Crippen LogP contribution in [0.1, 0.15) is 60.8 Å². The van der Waals surface area contributed by atoms with Gasteiger partial charge in [0.25, 0.3) is 0 Å². The molecule has 1 aliphatic carbocycles. The highest BCUT2D eigenvalue weighted by Crippen LogP contribution is 2.55. The third-order valence-corrected chi connectivity index (χ3v) is 5.97. The third kappa shape index (κ3) is 3.30. The van der Waals surface area contributed by atoms with E-state index in [0.29, 0.717) is 24.2 Å². The van der Waals surface area contributed by atoms with Crippen molar-refractivity contribution >= 4 is 17.9 Å². The molecule has 1 saturated heterocycles. The van der Waals surface area contributed by atoms with E-state index < -0.39 is 34.7 Å². The predicted octanol–water partition coefficient (Wildman–Crippen LogP) is 4.09. The Balaban J connectivity index is 2.12. The van der Waals surface area contributed by atoms with Gasteiger partial charge in [0.2, 0.25) is 0 Å². The molecule has 27 heavy (non-hydrogen) atoms. The number of allylic oxidation sites excluding steroid dienone is 2. The molecule has 0 aromatic heterocycles. The number of carbonyl (C=O) groups excluding carboxylic acids is 3. The number of hydrogen-bond donors (Lipinski definition) is 0. The van der Waals surface area contributed by atoms with Crippen molar-refractivity contribution in [2.24, 2.45) is 16.7 Å². The minimum Gasteiger partial charge on any atom is -0.427 e. The first-order valence-corrected chi connectivity index (χ1v) is 9.48. The van der Waals surface area contributed by atoms with Crippen molar-refractivity contribution < 1.29 is 28.6 Å². The second kappa shape index (κ2) is 6.21. The molecule has 2 aliphatic heterocycles. The van der Waals surface area contributed by atoms with Crippen LogP contribution in [0.4, 0.5) is 4.79 Å². The van der Waals surface area contributed by atoms with Crippen LogP contribution in [-0.2, 0) is 23.8 Å². The fraction of sp³-hybridized carbons (Fsp3) is 0.667. The van der Waals surface area contributed by atoms with E-state index in [4.69, 9.17) is 14.2 Å². The van der Waals surface area contributed by atoms with Gasteiger partial charge < -0.3 is 14.2 Å². The highest BCUT2D eigenvalue weighted by Gasteiger charge is 2.54. The van der Waals surface area contributed by atoms with Crippen LogP contribution in [0.15, 0.2) is 23.5 Å². The quantitative estimate of drug-likeness (QED) is 0.688. The summed E-state index contributed by atoms with van der Waals surface area (Å²) < 4.78 is 16.4. The summed E-state index contributed by atoms with van der Waals surface area (Å²) in [4.78, 5) is 36.8. The molecule has 3 aliphatic rings. The summed E-state index contributed by atoms with van der Waals surface area (Å²) in [6.45, 7) is 11.3. The van der Waals surface area contributed by atoms with Gasteiger partial charge in [-0.05, 0) is 32.1 Å². The maximum atomic E-state index is 13.1. The fourth-order valence-corrected chi connectivity index (χ4v) is 4.18. The smallest absolute Gasteiger partial charge is 0.427 e. The lowest BCUT2D eigenvalue weighted by molar-refractivity contribution is -0.138. The number of esters is 1.